The Balaban J connectivity index is 4.88. The highest BCUT2D eigenvalue weighted by Gasteiger charge is 2.29. The molecule has 13 nitrogen and oxygen atoms in total. The van der Waals surface area contributed by atoms with Gasteiger partial charge in [-0.1, -0.05) is 0 Å². The van der Waals surface area contributed by atoms with E-state index in [2.05, 4.69) is 15.6 Å². The summed E-state index contributed by atoms with van der Waals surface area (Å²) in [5, 5.41) is 22.7. The summed E-state index contributed by atoms with van der Waals surface area (Å²) in [4.78, 5) is 50.6. The van der Waals surface area contributed by atoms with Crippen molar-refractivity contribution in [1.29, 1.82) is 0 Å². The molecule has 0 radical (unpaired) electrons. The smallest absolute Gasteiger partial charge is 0.326 e. The van der Waals surface area contributed by atoms with Crippen LogP contribution in [0.25, 0.3) is 0 Å². The standard InChI is InChI=1S/C16H31N7O6/c17-6-2-1-5-10(15(28)29)22-14(27)11(8-12(24)25)23-13(26)9(18)4-3-7-21-16(19)20/h9-11H,1-8,17-18H2,(H,22,27)(H,23,26)(H,24,25)(H,28,29)(H4,19,20,21). The van der Waals surface area contributed by atoms with Crippen molar-refractivity contribution in [3.8, 4) is 0 Å². The fourth-order valence-corrected chi connectivity index (χ4v) is 2.34. The lowest BCUT2D eigenvalue weighted by Crippen LogP contribution is -2.55. The number of nitrogens with one attached hydrogen (secondary N) is 2. The van der Waals surface area contributed by atoms with Crippen LogP contribution < -0.4 is 33.6 Å². The van der Waals surface area contributed by atoms with Crippen LogP contribution in [0.3, 0.4) is 0 Å². The zero-order chi connectivity index (χ0) is 22.4. The lowest BCUT2D eigenvalue weighted by atomic mass is 10.1. The Morgan fingerprint density at radius 2 is 1.52 bits per heavy atom. The zero-order valence-corrected chi connectivity index (χ0v) is 16.2. The van der Waals surface area contributed by atoms with E-state index in [9.17, 15) is 24.3 Å². The number of nitrogens with two attached hydrogens (primary N) is 4. The highest BCUT2D eigenvalue weighted by molar-refractivity contribution is 5.93. The summed E-state index contributed by atoms with van der Waals surface area (Å²) in [5.74, 6) is -4.38. The SMILES string of the molecule is NCCCCC(NC(=O)C(CC(=O)O)NC(=O)C(N)CCCN=C(N)N)C(=O)O. The van der Waals surface area contributed by atoms with Gasteiger partial charge in [-0.25, -0.2) is 4.79 Å². The molecule has 0 spiro atoms. The molecule has 0 rings (SSSR count). The second-order valence-corrected chi connectivity index (χ2v) is 6.40. The van der Waals surface area contributed by atoms with E-state index in [4.69, 9.17) is 28.0 Å². The second kappa shape index (κ2) is 14.1. The van der Waals surface area contributed by atoms with Crippen molar-refractivity contribution >= 4 is 29.7 Å². The van der Waals surface area contributed by atoms with E-state index < -0.39 is 48.3 Å². The molecule has 0 aliphatic heterocycles. The van der Waals surface area contributed by atoms with Gasteiger partial charge in [0.05, 0.1) is 12.5 Å². The Hall–Kier alpha value is -2.93. The van der Waals surface area contributed by atoms with Crippen LogP contribution in [0, 0.1) is 0 Å². The zero-order valence-electron chi connectivity index (χ0n) is 16.2. The molecule has 0 saturated heterocycles. The van der Waals surface area contributed by atoms with E-state index in [0.29, 0.717) is 25.8 Å². The predicted molar refractivity (Wildman–Crippen MR) is 105 cm³/mol. The van der Waals surface area contributed by atoms with E-state index in [0.717, 1.165) is 0 Å². The Morgan fingerprint density at radius 3 is 2.03 bits per heavy atom. The maximum atomic E-state index is 12.4. The first-order chi connectivity index (χ1) is 13.6. The third-order valence-electron chi connectivity index (χ3n) is 3.88. The van der Waals surface area contributed by atoms with Gasteiger partial charge in [0.1, 0.15) is 12.1 Å². The number of hydrogen-bond donors (Lipinski definition) is 8. The number of guanidine groups is 1. The van der Waals surface area contributed by atoms with Crippen molar-refractivity contribution in [3.63, 3.8) is 0 Å². The summed E-state index contributed by atoms with van der Waals surface area (Å²) < 4.78 is 0. The number of aliphatic imine (C=N–C) groups is 1. The van der Waals surface area contributed by atoms with Crippen molar-refractivity contribution in [1.82, 2.24) is 10.6 Å². The van der Waals surface area contributed by atoms with Crippen LogP contribution in [0.15, 0.2) is 4.99 Å². The molecule has 0 aromatic carbocycles. The average Bonchev–Trinajstić information content (AvgIpc) is 2.62. The first kappa shape index (κ1) is 26.1. The van der Waals surface area contributed by atoms with E-state index in [1.807, 2.05) is 0 Å². The number of aliphatic carboxylic acids is 2. The molecule has 3 atom stereocenters. The third kappa shape index (κ3) is 12.2. The van der Waals surface area contributed by atoms with E-state index >= 15 is 0 Å². The summed E-state index contributed by atoms with van der Waals surface area (Å²) in [5.41, 5.74) is 21.5. The van der Waals surface area contributed by atoms with Gasteiger partial charge in [-0.3, -0.25) is 19.4 Å². The molecule has 0 fully saturated rings. The van der Waals surface area contributed by atoms with Crippen molar-refractivity contribution in [2.45, 2.75) is 56.7 Å². The van der Waals surface area contributed by atoms with Gasteiger partial charge in [0, 0.05) is 6.54 Å². The normalized spacial score (nSPS) is 13.6. The Morgan fingerprint density at radius 1 is 0.897 bits per heavy atom. The molecular formula is C16H31N7O6. The first-order valence-electron chi connectivity index (χ1n) is 9.14. The third-order valence-corrected chi connectivity index (χ3v) is 3.88. The fourth-order valence-electron chi connectivity index (χ4n) is 2.34. The van der Waals surface area contributed by atoms with Crippen LogP contribution in [0.5, 0.6) is 0 Å². The van der Waals surface area contributed by atoms with Crippen LogP contribution >= 0.6 is 0 Å². The second-order valence-electron chi connectivity index (χ2n) is 6.40. The van der Waals surface area contributed by atoms with Crippen LogP contribution in [0.2, 0.25) is 0 Å². The minimum Gasteiger partial charge on any atom is -0.481 e. The van der Waals surface area contributed by atoms with E-state index in [1.165, 1.54) is 0 Å². The van der Waals surface area contributed by atoms with Crippen LogP contribution in [-0.4, -0.2) is 71.1 Å². The topological polar surface area (TPSA) is 249 Å². The van der Waals surface area contributed by atoms with Crippen molar-refractivity contribution in [3.05, 3.63) is 0 Å². The number of nitrogens with zero attached hydrogens (tertiary/aromatic N) is 1. The largest absolute Gasteiger partial charge is 0.481 e. The molecule has 2 amide bonds. The van der Waals surface area contributed by atoms with Gasteiger partial charge < -0.3 is 43.8 Å². The Bertz CT molecular complexity index is 594. The maximum absolute atomic E-state index is 12.4. The minimum absolute atomic E-state index is 0.0966. The van der Waals surface area contributed by atoms with E-state index in [1.54, 1.807) is 0 Å². The summed E-state index contributed by atoms with van der Waals surface area (Å²) in [6, 6.07) is -3.72. The monoisotopic (exact) mass is 417 g/mol. The maximum Gasteiger partial charge on any atom is 0.326 e. The number of carboxylic acids is 2. The minimum atomic E-state index is -1.47. The van der Waals surface area contributed by atoms with Crippen molar-refractivity contribution in [2.75, 3.05) is 13.1 Å². The van der Waals surface area contributed by atoms with Gasteiger partial charge in [0.15, 0.2) is 5.96 Å². The van der Waals surface area contributed by atoms with Crippen LogP contribution in [0.4, 0.5) is 0 Å². The van der Waals surface area contributed by atoms with Crippen molar-refractivity contribution < 1.29 is 29.4 Å². The summed E-state index contributed by atoms with van der Waals surface area (Å²) in [7, 11) is 0. The van der Waals surface area contributed by atoms with Gasteiger partial charge in [-0.15, -0.1) is 0 Å². The molecule has 0 aromatic heterocycles. The number of carbonyl (C=O) groups excluding carboxylic acids is 2. The molecule has 29 heavy (non-hydrogen) atoms. The number of amides is 2. The number of carboxylic acid groups (broad SMARTS) is 2. The van der Waals surface area contributed by atoms with Crippen LogP contribution in [0.1, 0.15) is 38.5 Å². The summed E-state index contributed by atoms with van der Waals surface area (Å²) >= 11 is 0. The molecule has 0 bridgehead atoms. The molecular weight excluding hydrogens is 386 g/mol. The van der Waals surface area contributed by atoms with Gasteiger partial charge in [0.25, 0.3) is 0 Å². The highest BCUT2D eigenvalue weighted by Crippen LogP contribution is 2.04. The van der Waals surface area contributed by atoms with Gasteiger partial charge in [-0.05, 0) is 38.6 Å². The summed E-state index contributed by atoms with van der Waals surface area (Å²) in [6.45, 7) is 0.629. The number of hydrogen-bond acceptors (Lipinski definition) is 7. The van der Waals surface area contributed by atoms with E-state index in [-0.39, 0.29) is 25.3 Å². The number of unbranched alkanes of at least 4 members (excludes halogenated alkanes) is 1. The Kier molecular flexibility index (Phi) is 12.7. The Labute approximate surface area is 168 Å². The molecule has 13 heteroatoms. The number of carbonyl (C=O) groups is 4. The van der Waals surface area contributed by atoms with Gasteiger partial charge >= 0.3 is 11.9 Å². The molecule has 0 aliphatic rings. The molecule has 0 saturated carbocycles. The lowest BCUT2D eigenvalue weighted by molar-refractivity contribution is -0.143. The summed E-state index contributed by atoms with van der Waals surface area (Å²) in [6.07, 6.45) is 1.02. The van der Waals surface area contributed by atoms with Crippen LogP contribution in [-0.2, 0) is 19.2 Å². The quantitative estimate of drug-likeness (QED) is 0.0762. The first-order valence-corrected chi connectivity index (χ1v) is 9.14. The molecule has 166 valence electrons. The van der Waals surface area contributed by atoms with Crippen molar-refractivity contribution in [2.24, 2.45) is 27.9 Å². The highest BCUT2D eigenvalue weighted by atomic mass is 16.4. The average molecular weight is 417 g/mol. The molecule has 0 aromatic rings. The molecule has 12 N–H and O–H groups in total. The fraction of sp³-hybridized carbons (Fsp3) is 0.688. The molecule has 0 heterocycles. The molecule has 3 unspecified atom stereocenters. The molecule has 0 aliphatic carbocycles. The lowest BCUT2D eigenvalue weighted by Gasteiger charge is -2.22. The number of rotatable bonds is 15. The van der Waals surface area contributed by atoms with Gasteiger partial charge in [0.2, 0.25) is 11.8 Å². The predicted octanol–water partition coefficient (Wildman–Crippen LogP) is -2.97. The van der Waals surface area contributed by atoms with Gasteiger partial charge in [-0.2, -0.15) is 0 Å².